The maximum atomic E-state index is 11.1. The van der Waals surface area contributed by atoms with E-state index in [9.17, 15) is 4.79 Å². The lowest BCUT2D eigenvalue weighted by atomic mass is 10.3. The highest BCUT2D eigenvalue weighted by molar-refractivity contribution is 8.76. The van der Waals surface area contributed by atoms with Gasteiger partial charge >= 0.3 is 5.97 Å². The lowest BCUT2D eigenvalue weighted by Gasteiger charge is -2.10. The molecule has 2 atom stereocenters. The molecule has 0 heterocycles. The lowest BCUT2D eigenvalue weighted by molar-refractivity contribution is -0.144. The van der Waals surface area contributed by atoms with E-state index in [4.69, 9.17) is 16.2 Å². The van der Waals surface area contributed by atoms with Crippen molar-refractivity contribution < 1.29 is 9.53 Å². The Kier molecular flexibility index (Phi) is 9.38. The Labute approximate surface area is 99.3 Å². The molecule has 0 radical (unpaired) electrons. The number of carbonyl (C=O) groups excluding carboxylic acids is 1. The summed E-state index contributed by atoms with van der Waals surface area (Å²) < 4.78 is 4.79. The molecular weight excluding hydrogens is 232 g/mol. The average molecular weight is 252 g/mol. The van der Waals surface area contributed by atoms with Crippen LogP contribution in [0.5, 0.6) is 0 Å². The number of hydrogen-bond acceptors (Lipinski definition) is 6. The normalized spacial score (nSPS) is 14.7. The van der Waals surface area contributed by atoms with Crippen LogP contribution in [0.25, 0.3) is 0 Å². The molecule has 4 N–H and O–H groups in total. The largest absolute Gasteiger partial charge is 0.465 e. The molecule has 0 aliphatic carbocycles. The molecule has 6 heteroatoms. The van der Waals surface area contributed by atoms with Crippen LogP contribution in [0.15, 0.2) is 0 Å². The van der Waals surface area contributed by atoms with Crippen molar-refractivity contribution in [2.24, 2.45) is 11.5 Å². The smallest absolute Gasteiger partial charge is 0.323 e. The molecule has 0 aromatic heterocycles. The van der Waals surface area contributed by atoms with Gasteiger partial charge in [-0.1, -0.05) is 28.5 Å². The highest BCUT2D eigenvalue weighted by Gasteiger charge is 2.14. The summed E-state index contributed by atoms with van der Waals surface area (Å²) >= 11 is 0. The Bertz CT molecular complexity index is 181. The van der Waals surface area contributed by atoms with Crippen molar-refractivity contribution in [2.75, 3.05) is 18.1 Å². The maximum Gasteiger partial charge on any atom is 0.323 e. The van der Waals surface area contributed by atoms with E-state index < -0.39 is 6.04 Å². The Hall–Kier alpha value is 0.0900. The minimum Gasteiger partial charge on any atom is -0.465 e. The van der Waals surface area contributed by atoms with Gasteiger partial charge in [0.1, 0.15) is 6.04 Å². The molecule has 0 aromatic carbocycles. The topological polar surface area (TPSA) is 78.3 Å². The van der Waals surface area contributed by atoms with Crippen molar-refractivity contribution in [1.82, 2.24) is 0 Å². The fraction of sp³-hybridized carbons (Fsp3) is 0.889. The van der Waals surface area contributed by atoms with Crippen LogP contribution in [-0.2, 0) is 9.53 Å². The molecule has 15 heavy (non-hydrogen) atoms. The molecule has 0 bridgehead atoms. The highest BCUT2D eigenvalue weighted by atomic mass is 33.1. The molecule has 2 unspecified atom stereocenters. The summed E-state index contributed by atoms with van der Waals surface area (Å²) in [6.07, 6.45) is 0.970. The summed E-state index contributed by atoms with van der Waals surface area (Å²) in [7, 11) is 3.22. The van der Waals surface area contributed by atoms with E-state index in [2.05, 4.69) is 6.92 Å². The molecule has 0 saturated heterocycles. The molecule has 0 rings (SSSR count). The Morgan fingerprint density at radius 1 is 1.27 bits per heavy atom. The lowest BCUT2D eigenvalue weighted by Crippen LogP contribution is -2.34. The maximum absolute atomic E-state index is 11.1. The number of carbonyl (C=O) groups is 1. The first-order valence-corrected chi connectivity index (χ1v) is 7.52. The van der Waals surface area contributed by atoms with Crippen molar-refractivity contribution in [2.45, 2.75) is 32.4 Å². The second-order valence-corrected chi connectivity index (χ2v) is 5.65. The van der Waals surface area contributed by atoms with Gasteiger partial charge in [0, 0.05) is 17.5 Å². The van der Waals surface area contributed by atoms with Gasteiger partial charge in [-0.2, -0.15) is 0 Å². The summed E-state index contributed by atoms with van der Waals surface area (Å²) in [4.78, 5) is 11.1. The zero-order valence-electron chi connectivity index (χ0n) is 9.27. The molecule has 4 nitrogen and oxygen atoms in total. The van der Waals surface area contributed by atoms with Crippen molar-refractivity contribution in [1.29, 1.82) is 0 Å². The van der Waals surface area contributed by atoms with Crippen LogP contribution in [-0.4, -0.2) is 36.2 Å². The van der Waals surface area contributed by atoms with Crippen LogP contribution >= 0.6 is 21.6 Å². The third-order valence-electron chi connectivity index (χ3n) is 1.73. The number of hydrogen-bond donors (Lipinski definition) is 2. The first-order valence-electron chi connectivity index (χ1n) is 5.04. The predicted molar refractivity (Wildman–Crippen MR) is 67.8 cm³/mol. The number of ether oxygens (including phenoxy) is 1. The highest BCUT2D eigenvalue weighted by Crippen LogP contribution is 2.22. The average Bonchev–Trinajstić information content (AvgIpc) is 2.23. The zero-order chi connectivity index (χ0) is 11.7. The van der Waals surface area contributed by atoms with E-state index in [-0.39, 0.29) is 12.0 Å². The van der Waals surface area contributed by atoms with Crippen LogP contribution in [0.3, 0.4) is 0 Å². The second kappa shape index (κ2) is 9.33. The molecule has 0 aliphatic rings. The minimum absolute atomic E-state index is 0.223. The quantitative estimate of drug-likeness (QED) is 0.381. The summed E-state index contributed by atoms with van der Waals surface area (Å²) in [6, 6.07) is -0.304. The molecule has 0 amide bonds. The first kappa shape index (κ1) is 15.1. The van der Waals surface area contributed by atoms with E-state index in [0.29, 0.717) is 12.4 Å². The summed E-state index contributed by atoms with van der Waals surface area (Å²) in [5.74, 6) is 1.13. The SMILES string of the molecule is CCOC(=O)C(N)CSSCC(N)CC. The monoisotopic (exact) mass is 252 g/mol. The third-order valence-corrected chi connectivity index (χ3v) is 4.27. The van der Waals surface area contributed by atoms with Gasteiger partial charge in [0.25, 0.3) is 0 Å². The summed E-state index contributed by atoms with van der Waals surface area (Å²) in [6.45, 7) is 4.21. The van der Waals surface area contributed by atoms with E-state index in [0.717, 1.165) is 12.2 Å². The number of esters is 1. The molecule has 0 spiro atoms. The van der Waals surface area contributed by atoms with Crippen LogP contribution in [0.1, 0.15) is 20.3 Å². The van der Waals surface area contributed by atoms with E-state index in [1.54, 1.807) is 28.5 Å². The summed E-state index contributed by atoms with van der Waals surface area (Å²) in [5.41, 5.74) is 11.4. The van der Waals surface area contributed by atoms with Crippen molar-refractivity contribution >= 4 is 27.6 Å². The van der Waals surface area contributed by atoms with Gasteiger partial charge in [-0.3, -0.25) is 4.79 Å². The summed E-state index contributed by atoms with van der Waals surface area (Å²) in [5, 5.41) is 0. The fourth-order valence-corrected chi connectivity index (χ4v) is 3.12. The third kappa shape index (κ3) is 7.96. The molecule has 0 saturated carbocycles. The van der Waals surface area contributed by atoms with Crippen molar-refractivity contribution in [3.63, 3.8) is 0 Å². The van der Waals surface area contributed by atoms with E-state index in [1.807, 2.05) is 0 Å². The zero-order valence-corrected chi connectivity index (χ0v) is 10.9. The second-order valence-electron chi connectivity index (χ2n) is 3.10. The standard InChI is InChI=1S/C9H20N2O2S2/c1-3-7(10)5-14-15-6-8(11)9(12)13-4-2/h7-8H,3-6,10-11H2,1-2H3. The van der Waals surface area contributed by atoms with Crippen molar-refractivity contribution in [3.05, 3.63) is 0 Å². The van der Waals surface area contributed by atoms with Crippen molar-refractivity contribution in [3.8, 4) is 0 Å². The minimum atomic E-state index is -0.527. The van der Waals surface area contributed by atoms with Gasteiger partial charge in [-0.15, -0.1) is 0 Å². The van der Waals surface area contributed by atoms with Gasteiger partial charge in [0.05, 0.1) is 6.61 Å². The van der Waals surface area contributed by atoms with Crippen LogP contribution in [0.4, 0.5) is 0 Å². The van der Waals surface area contributed by atoms with Gasteiger partial charge in [-0.25, -0.2) is 0 Å². The van der Waals surface area contributed by atoms with Crippen LogP contribution in [0, 0.1) is 0 Å². The molecule has 0 aliphatic heterocycles. The first-order chi connectivity index (χ1) is 7.11. The van der Waals surface area contributed by atoms with Crippen LogP contribution < -0.4 is 11.5 Å². The van der Waals surface area contributed by atoms with Gasteiger partial charge in [0.15, 0.2) is 0 Å². The molecule has 0 fully saturated rings. The number of rotatable bonds is 8. The van der Waals surface area contributed by atoms with E-state index in [1.165, 1.54) is 0 Å². The van der Waals surface area contributed by atoms with Gasteiger partial charge < -0.3 is 16.2 Å². The molecule has 0 aromatic rings. The molecular formula is C9H20N2O2S2. The van der Waals surface area contributed by atoms with Gasteiger partial charge in [-0.05, 0) is 13.3 Å². The Balaban J connectivity index is 3.46. The van der Waals surface area contributed by atoms with Crippen LogP contribution in [0.2, 0.25) is 0 Å². The fourth-order valence-electron chi connectivity index (χ4n) is 0.692. The Morgan fingerprint density at radius 3 is 2.40 bits per heavy atom. The number of nitrogens with two attached hydrogens (primary N) is 2. The van der Waals surface area contributed by atoms with E-state index >= 15 is 0 Å². The molecule has 90 valence electrons. The predicted octanol–water partition coefficient (Wildman–Crippen LogP) is 0.995. The Morgan fingerprint density at radius 2 is 1.87 bits per heavy atom. The van der Waals surface area contributed by atoms with Gasteiger partial charge in [0.2, 0.25) is 0 Å².